The highest BCUT2D eigenvalue weighted by Crippen LogP contribution is 2.37. The van der Waals surface area contributed by atoms with Crippen LogP contribution < -0.4 is 5.32 Å². The Labute approximate surface area is 137 Å². The highest BCUT2D eigenvalue weighted by atomic mass is 35.5. The van der Waals surface area contributed by atoms with Crippen LogP contribution in [0.15, 0.2) is 18.2 Å². The van der Waals surface area contributed by atoms with Crippen molar-refractivity contribution in [2.24, 2.45) is 0 Å². The van der Waals surface area contributed by atoms with Gasteiger partial charge in [0.05, 0.1) is 12.1 Å². The van der Waals surface area contributed by atoms with Crippen LogP contribution in [-0.4, -0.2) is 41.2 Å². The lowest BCUT2D eigenvalue weighted by Gasteiger charge is -2.30. The van der Waals surface area contributed by atoms with E-state index in [0.717, 1.165) is 12.1 Å². The van der Waals surface area contributed by atoms with Crippen molar-refractivity contribution in [3.63, 3.8) is 0 Å². The van der Waals surface area contributed by atoms with Crippen molar-refractivity contribution in [1.29, 1.82) is 0 Å². The Morgan fingerprint density at radius 3 is 2.35 bits per heavy atom. The number of carbonyl (C=O) groups excluding carboxylic acids is 2. The second-order valence-electron chi connectivity index (χ2n) is 4.24. The van der Waals surface area contributed by atoms with Gasteiger partial charge in [-0.3, -0.25) is 4.79 Å². The summed E-state index contributed by atoms with van der Waals surface area (Å²) in [5, 5.41) is 8.30. The van der Waals surface area contributed by atoms with Gasteiger partial charge in [0.15, 0.2) is 5.38 Å². The second kappa shape index (κ2) is 6.90. The smallest absolute Gasteiger partial charge is 0.430 e. The van der Waals surface area contributed by atoms with Crippen molar-refractivity contribution in [3.05, 3.63) is 29.0 Å². The molecule has 1 amide bonds. The maximum atomic E-state index is 13.2. The van der Waals surface area contributed by atoms with E-state index < -0.39 is 34.8 Å². The molecule has 1 aromatic rings. The van der Waals surface area contributed by atoms with Crippen molar-refractivity contribution in [1.82, 2.24) is 0 Å². The fourth-order valence-electron chi connectivity index (χ4n) is 1.49. The molecule has 0 aliphatic carbocycles. The van der Waals surface area contributed by atoms with Crippen LogP contribution in [0.5, 0.6) is 0 Å². The van der Waals surface area contributed by atoms with Crippen LogP contribution in [-0.2, 0) is 14.3 Å². The Morgan fingerprint density at radius 1 is 1.35 bits per heavy atom. The molecular formula is C12H9Cl2F4NO4. The molecule has 128 valence electrons. The molecule has 0 heterocycles. The monoisotopic (exact) mass is 377 g/mol. The van der Waals surface area contributed by atoms with Crippen LogP contribution in [0.3, 0.4) is 0 Å². The van der Waals surface area contributed by atoms with Gasteiger partial charge in [-0.15, -0.1) is 11.6 Å². The van der Waals surface area contributed by atoms with Gasteiger partial charge >= 0.3 is 12.1 Å². The molecule has 0 aromatic heterocycles. The van der Waals surface area contributed by atoms with Crippen molar-refractivity contribution in [3.8, 4) is 0 Å². The molecule has 0 saturated heterocycles. The van der Waals surface area contributed by atoms with Gasteiger partial charge in [0.25, 0.3) is 5.60 Å². The predicted octanol–water partition coefficient (Wildman–Crippen LogP) is 2.49. The van der Waals surface area contributed by atoms with Gasteiger partial charge in [-0.1, -0.05) is 11.6 Å². The van der Waals surface area contributed by atoms with E-state index in [1.54, 1.807) is 0 Å². The predicted molar refractivity (Wildman–Crippen MR) is 72.7 cm³/mol. The van der Waals surface area contributed by atoms with Gasteiger partial charge in [-0.05, 0) is 18.2 Å². The summed E-state index contributed by atoms with van der Waals surface area (Å²) in [5.74, 6) is -4.71. The number of esters is 1. The zero-order valence-corrected chi connectivity index (χ0v) is 12.8. The van der Waals surface area contributed by atoms with E-state index in [-0.39, 0.29) is 10.7 Å². The van der Waals surface area contributed by atoms with E-state index >= 15 is 0 Å². The number of halogens is 6. The Bertz CT molecular complexity index is 626. The topological polar surface area (TPSA) is 75.6 Å². The molecule has 0 spiro atoms. The van der Waals surface area contributed by atoms with Crippen LogP contribution in [0.25, 0.3) is 0 Å². The summed E-state index contributed by atoms with van der Waals surface area (Å²) in [6.45, 7) is 0. The van der Waals surface area contributed by atoms with Gasteiger partial charge in [-0.25, -0.2) is 9.18 Å². The quantitative estimate of drug-likeness (QED) is 0.480. The van der Waals surface area contributed by atoms with Crippen LogP contribution in [0.1, 0.15) is 0 Å². The standard InChI is InChI=1S/C12H9Cl2F4NO4/c1-23-10(21)11(22,12(16,17)18)8(14)9(20)19-5-2-3-6(13)7(15)4-5/h2-4,8,22H,1H3,(H,19,20)/t8-,11-/m0/s1. The number of benzene rings is 1. The molecule has 0 aliphatic heterocycles. The van der Waals surface area contributed by atoms with Gasteiger partial charge in [0.2, 0.25) is 5.91 Å². The SMILES string of the molecule is COC(=O)[C@@](O)([C@@H](Cl)C(=O)Nc1ccc(Cl)c(F)c1)C(F)(F)F. The van der Waals surface area contributed by atoms with Crippen molar-refractivity contribution in [2.45, 2.75) is 17.2 Å². The van der Waals surface area contributed by atoms with Gasteiger partial charge in [-0.2, -0.15) is 13.2 Å². The number of alkyl halides is 4. The average molecular weight is 378 g/mol. The number of nitrogens with one attached hydrogen (secondary N) is 1. The zero-order chi connectivity index (χ0) is 18.0. The van der Waals surface area contributed by atoms with E-state index in [2.05, 4.69) is 4.74 Å². The normalized spacial score (nSPS) is 15.5. The lowest BCUT2D eigenvalue weighted by atomic mass is 9.98. The van der Waals surface area contributed by atoms with Gasteiger partial charge in [0, 0.05) is 5.69 Å². The van der Waals surface area contributed by atoms with E-state index in [0.29, 0.717) is 13.2 Å². The largest absolute Gasteiger partial charge is 0.467 e. The first-order valence-corrected chi connectivity index (χ1v) is 6.54. The number of methoxy groups -OCH3 is 1. The highest BCUT2D eigenvalue weighted by Gasteiger charge is 2.67. The van der Waals surface area contributed by atoms with Crippen LogP contribution in [0, 0.1) is 5.82 Å². The first-order valence-electron chi connectivity index (χ1n) is 5.72. The number of hydrogen-bond acceptors (Lipinski definition) is 4. The Morgan fingerprint density at radius 2 is 1.91 bits per heavy atom. The molecule has 1 aromatic carbocycles. The summed E-state index contributed by atoms with van der Waals surface area (Å²) >= 11 is 10.7. The van der Waals surface area contributed by atoms with Crippen molar-refractivity contribution in [2.75, 3.05) is 12.4 Å². The number of aliphatic hydroxyl groups is 1. The maximum Gasteiger partial charge on any atom is 0.430 e. The maximum absolute atomic E-state index is 13.2. The molecule has 0 bridgehead atoms. The number of amides is 1. The van der Waals surface area contributed by atoms with Crippen molar-refractivity contribution < 1.29 is 37.0 Å². The molecule has 0 fully saturated rings. The highest BCUT2D eigenvalue weighted by molar-refractivity contribution is 6.35. The van der Waals surface area contributed by atoms with Crippen LogP contribution in [0.2, 0.25) is 5.02 Å². The van der Waals surface area contributed by atoms with E-state index in [1.807, 2.05) is 5.32 Å². The molecule has 0 unspecified atom stereocenters. The minimum absolute atomic E-state index is 0.281. The molecule has 0 aliphatic rings. The molecule has 0 radical (unpaired) electrons. The van der Waals surface area contributed by atoms with E-state index in [1.165, 1.54) is 0 Å². The minimum Gasteiger partial charge on any atom is -0.467 e. The second-order valence-corrected chi connectivity index (χ2v) is 5.08. The van der Waals surface area contributed by atoms with Gasteiger partial charge in [0.1, 0.15) is 5.82 Å². The third kappa shape index (κ3) is 3.85. The Hall–Kier alpha value is -1.58. The molecule has 11 heteroatoms. The molecule has 2 atom stereocenters. The van der Waals surface area contributed by atoms with Crippen LogP contribution >= 0.6 is 23.2 Å². The molecule has 23 heavy (non-hydrogen) atoms. The number of anilines is 1. The number of carbonyl (C=O) groups is 2. The fraction of sp³-hybridized carbons (Fsp3) is 0.333. The molecular weight excluding hydrogens is 369 g/mol. The lowest BCUT2D eigenvalue weighted by molar-refractivity contribution is -0.260. The third-order valence-electron chi connectivity index (χ3n) is 2.71. The summed E-state index contributed by atoms with van der Waals surface area (Å²) < 4.78 is 55.8. The minimum atomic E-state index is -5.59. The first kappa shape index (κ1) is 19.5. The molecule has 5 nitrogen and oxygen atoms in total. The molecule has 0 saturated carbocycles. The van der Waals surface area contributed by atoms with Crippen molar-refractivity contribution >= 4 is 40.8 Å². The summed E-state index contributed by atoms with van der Waals surface area (Å²) in [7, 11) is 0.579. The number of hydrogen-bond donors (Lipinski definition) is 2. The van der Waals surface area contributed by atoms with E-state index in [4.69, 9.17) is 23.2 Å². The summed E-state index contributed by atoms with van der Waals surface area (Å²) in [6, 6.07) is 2.83. The number of ether oxygens (including phenoxy) is 1. The van der Waals surface area contributed by atoms with Gasteiger partial charge < -0.3 is 15.2 Å². The summed E-state index contributed by atoms with van der Waals surface area (Å²) in [5.41, 5.74) is -4.56. The summed E-state index contributed by atoms with van der Waals surface area (Å²) in [4.78, 5) is 23.0. The number of rotatable bonds is 4. The Balaban J connectivity index is 3.09. The fourth-order valence-corrected chi connectivity index (χ4v) is 1.87. The Kier molecular flexibility index (Phi) is 5.84. The summed E-state index contributed by atoms with van der Waals surface area (Å²) in [6.07, 6.45) is -5.59. The zero-order valence-electron chi connectivity index (χ0n) is 11.2. The van der Waals surface area contributed by atoms with Crippen LogP contribution in [0.4, 0.5) is 23.2 Å². The lowest BCUT2D eigenvalue weighted by Crippen LogP contribution is -2.62. The average Bonchev–Trinajstić information content (AvgIpc) is 2.47. The molecule has 1 rings (SSSR count). The third-order valence-corrected chi connectivity index (χ3v) is 3.53. The first-order chi connectivity index (χ1) is 10.4. The van der Waals surface area contributed by atoms with E-state index in [9.17, 15) is 32.3 Å². The molecule has 2 N–H and O–H groups in total.